The lowest BCUT2D eigenvalue weighted by atomic mass is 10.0. The molecule has 6 heteroatoms. The minimum absolute atomic E-state index is 0.732. The Labute approximate surface area is 180 Å². The summed E-state index contributed by atoms with van der Waals surface area (Å²) in [5.41, 5.74) is 6.14. The third-order valence-electron chi connectivity index (χ3n) is 5.35. The van der Waals surface area contributed by atoms with Crippen LogP contribution >= 0.6 is 0 Å². The van der Waals surface area contributed by atoms with Crippen molar-refractivity contribution in [2.75, 3.05) is 14.2 Å². The molecular weight excluding hydrogens is 388 g/mol. The van der Waals surface area contributed by atoms with Crippen molar-refractivity contribution in [1.29, 1.82) is 0 Å². The van der Waals surface area contributed by atoms with Crippen LogP contribution in [0.25, 0.3) is 33.3 Å². The fourth-order valence-corrected chi connectivity index (χ4v) is 3.73. The van der Waals surface area contributed by atoms with E-state index >= 15 is 0 Å². The summed E-state index contributed by atoms with van der Waals surface area (Å²) < 4.78 is 12.8. The Kier molecular flexibility index (Phi) is 4.88. The van der Waals surface area contributed by atoms with Gasteiger partial charge < -0.3 is 14.5 Å². The Balaban J connectivity index is 1.52. The number of benzene rings is 2. The van der Waals surface area contributed by atoms with E-state index in [0.717, 1.165) is 51.3 Å². The highest BCUT2D eigenvalue weighted by Gasteiger charge is 2.12. The van der Waals surface area contributed by atoms with Crippen LogP contribution in [0.15, 0.2) is 79.4 Å². The highest BCUT2D eigenvalue weighted by Crippen LogP contribution is 2.34. The average Bonchev–Trinajstić information content (AvgIpc) is 3.45. The summed E-state index contributed by atoms with van der Waals surface area (Å²) >= 11 is 0. The second-order valence-electron chi connectivity index (χ2n) is 7.34. The predicted octanol–water partition coefficient (Wildman–Crippen LogP) is 5.16. The van der Waals surface area contributed by atoms with E-state index in [2.05, 4.69) is 39.5 Å². The molecule has 0 aliphatic heterocycles. The van der Waals surface area contributed by atoms with E-state index in [4.69, 9.17) is 9.47 Å². The van der Waals surface area contributed by atoms with Crippen molar-refractivity contribution < 1.29 is 9.47 Å². The molecule has 3 heterocycles. The van der Waals surface area contributed by atoms with E-state index in [-0.39, 0.29) is 0 Å². The number of ether oxygens (including phenoxy) is 2. The third kappa shape index (κ3) is 3.75. The van der Waals surface area contributed by atoms with Gasteiger partial charge in [0.25, 0.3) is 0 Å². The summed E-state index contributed by atoms with van der Waals surface area (Å²) in [6, 6.07) is 18.3. The van der Waals surface area contributed by atoms with Gasteiger partial charge in [0.1, 0.15) is 17.1 Å². The summed E-state index contributed by atoms with van der Waals surface area (Å²) in [7, 11) is 3.30. The zero-order chi connectivity index (χ0) is 21.2. The van der Waals surface area contributed by atoms with E-state index in [1.807, 2.05) is 59.7 Å². The van der Waals surface area contributed by atoms with Gasteiger partial charge in [-0.2, -0.15) is 5.10 Å². The summed E-state index contributed by atoms with van der Waals surface area (Å²) in [5.74, 6) is 1.48. The maximum Gasteiger partial charge on any atom is 0.137 e. The van der Waals surface area contributed by atoms with Crippen molar-refractivity contribution in [3.63, 3.8) is 0 Å². The number of nitrogens with one attached hydrogen (secondary N) is 1. The van der Waals surface area contributed by atoms with Gasteiger partial charge in [-0.25, -0.2) is 4.98 Å². The molecule has 0 atom stereocenters. The Morgan fingerprint density at radius 1 is 0.871 bits per heavy atom. The lowest BCUT2D eigenvalue weighted by Crippen LogP contribution is -1.99. The monoisotopic (exact) mass is 410 g/mol. The maximum atomic E-state index is 5.42. The molecule has 0 spiro atoms. The molecule has 2 aromatic carbocycles. The van der Waals surface area contributed by atoms with E-state index < -0.39 is 0 Å². The summed E-state index contributed by atoms with van der Waals surface area (Å²) in [4.78, 5) is 7.90. The van der Waals surface area contributed by atoms with Crippen LogP contribution in [0.2, 0.25) is 0 Å². The molecule has 0 saturated carbocycles. The number of aromatic amines is 1. The normalized spacial score (nSPS) is 11.0. The van der Waals surface area contributed by atoms with Gasteiger partial charge in [-0.3, -0.25) is 4.68 Å². The second kappa shape index (κ2) is 7.99. The van der Waals surface area contributed by atoms with Crippen LogP contribution in [0.3, 0.4) is 0 Å². The molecule has 0 fully saturated rings. The SMILES string of the molecule is COc1cc(OC)cc(-c2cnc3[nH]cc(-c4cnn(Cc5ccccc5)c4)c3c2)c1. The number of hydrogen-bond donors (Lipinski definition) is 1. The second-order valence-corrected chi connectivity index (χ2v) is 7.34. The standard InChI is InChI=1S/C25H22N4O2/c1-30-21-8-18(9-22(11-21)31-2)19-10-23-24(14-27-25(23)26-12-19)20-13-28-29(16-20)15-17-6-4-3-5-7-17/h3-14,16H,15H2,1-2H3,(H,26,27). The molecule has 0 aliphatic carbocycles. The molecule has 0 saturated heterocycles. The van der Waals surface area contributed by atoms with Gasteiger partial charge >= 0.3 is 0 Å². The van der Waals surface area contributed by atoms with Crippen LogP contribution in [-0.4, -0.2) is 34.0 Å². The van der Waals surface area contributed by atoms with Crippen molar-refractivity contribution in [1.82, 2.24) is 19.7 Å². The van der Waals surface area contributed by atoms with E-state index in [0.29, 0.717) is 0 Å². The van der Waals surface area contributed by atoms with Crippen molar-refractivity contribution in [2.24, 2.45) is 0 Å². The quantitative estimate of drug-likeness (QED) is 0.420. The lowest BCUT2D eigenvalue weighted by molar-refractivity contribution is 0.394. The number of H-pyrrole nitrogens is 1. The fourth-order valence-electron chi connectivity index (χ4n) is 3.73. The van der Waals surface area contributed by atoms with Gasteiger partial charge in [-0.15, -0.1) is 0 Å². The number of rotatable bonds is 6. The minimum Gasteiger partial charge on any atom is -0.497 e. The molecule has 0 aliphatic rings. The van der Waals surface area contributed by atoms with Gasteiger partial charge in [0.2, 0.25) is 0 Å². The van der Waals surface area contributed by atoms with Crippen LogP contribution in [0, 0.1) is 0 Å². The van der Waals surface area contributed by atoms with Gasteiger partial charge in [0.05, 0.1) is 27.0 Å². The van der Waals surface area contributed by atoms with Gasteiger partial charge in [0, 0.05) is 46.7 Å². The van der Waals surface area contributed by atoms with Crippen LogP contribution in [0.5, 0.6) is 11.5 Å². The molecule has 5 aromatic rings. The van der Waals surface area contributed by atoms with Crippen LogP contribution in [0.4, 0.5) is 0 Å². The Morgan fingerprint density at radius 2 is 1.65 bits per heavy atom. The summed E-state index contributed by atoms with van der Waals surface area (Å²) in [5, 5.41) is 5.59. The topological polar surface area (TPSA) is 65.0 Å². The molecule has 0 radical (unpaired) electrons. The van der Waals surface area contributed by atoms with Crippen molar-refractivity contribution in [3.05, 3.63) is 84.9 Å². The summed E-state index contributed by atoms with van der Waals surface area (Å²) in [6.45, 7) is 0.732. The number of hydrogen-bond acceptors (Lipinski definition) is 4. The van der Waals surface area contributed by atoms with E-state index in [1.54, 1.807) is 14.2 Å². The fraction of sp³-hybridized carbons (Fsp3) is 0.120. The van der Waals surface area contributed by atoms with Gasteiger partial charge in [0.15, 0.2) is 0 Å². The third-order valence-corrected chi connectivity index (χ3v) is 5.35. The molecule has 5 rings (SSSR count). The molecule has 31 heavy (non-hydrogen) atoms. The molecular formula is C25H22N4O2. The highest BCUT2D eigenvalue weighted by molar-refractivity contribution is 5.95. The Morgan fingerprint density at radius 3 is 2.39 bits per heavy atom. The number of aromatic nitrogens is 4. The van der Waals surface area contributed by atoms with Gasteiger partial charge in [-0.05, 0) is 29.3 Å². The molecule has 0 unspecified atom stereocenters. The number of fused-ring (bicyclic) bond motifs is 1. The van der Waals surface area contributed by atoms with Crippen molar-refractivity contribution in [2.45, 2.75) is 6.54 Å². The van der Waals surface area contributed by atoms with E-state index in [1.165, 1.54) is 5.56 Å². The van der Waals surface area contributed by atoms with Crippen LogP contribution < -0.4 is 9.47 Å². The summed E-state index contributed by atoms with van der Waals surface area (Å²) in [6.07, 6.45) is 7.80. The number of nitrogens with zero attached hydrogens (tertiary/aromatic N) is 3. The molecule has 0 amide bonds. The van der Waals surface area contributed by atoms with Gasteiger partial charge in [-0.1, -0.05) is 30.3 Å². The zero-order valence-corrected chi connectivity index (χ0v) is 17.4. The Hall–Kier alpha value is -4.06. The molecule has 0 bridgehead atoms. The Bertz CT molecular complexity index is 1320. The molecule has 6 nitrogen and oxygen atoms in total. The molecule has 154 valence electrons. The van der Waals surface area contributed by atoms with Crippen LogP contribution in [-0.2, 0) is 6.54 Å². The number of methoxy groups -OCH3 is 2. The lowest BCUT2D eigenvalue weighted by Gasteiger charge is -2.09. The molecule has 1 N–H and O–H groups in total. The highest BCUT2D eigenvalue weighted by atomic mass is 16.5. The first-order chi connectivity index (χ1) is 15.2. The van der Waals surface area contributed by atoms with E-state index in [9.17, 15) is 0 Å². The van der Waals surface area contributed by atoms with Crippen LogP contribution in [0.1, 0.15) is 5.56 Å². The smallest absolute Gasteiger partial charge is 0.137 e. The first kappa shape index (κ1) is 18.9. The predicted molar refractivity (Wildman–Crippen MR) is 121 cm³/mol. The first-order valence-electron chi connectivity index (χ1n) is 10.0. The van der Waals surface area contributed by atoms with Crippen molar-refractivity contribution in [3.8, 4) is 33.8 Å². The molecule has 3 aromatic heterocycles. The zero-order valence-electron chi connectivity index (χ0n) is 17.4. The van der Waals surface area contributed by atoms with Crippen molar-refractivity contribution >= 4 is 11.0 Å². The maximum absolute atomic E-state index is 5.42. The average molecular weight is 410 g/mol. The minimum atomic E-state index is 0.732. The first-order valence-corrected chi connectivity index (χ1v) is 10.0. The largest absolute Gasteiger partial charge is 0.497 e. The number of pyridine rings is 1.